The number of ether oxygens (including phenoxy) is 2. The molecule has 1 heterocycles. The zero-order valence-corrected chi connectivity index (χ0v) is 9.81. The van der Waals surface area contributed by atoms with Crippen LogP contribution in [0.15, 0.2) is 18.2 Å². The Morgan fingerprint density at radius 2 is 2.06 bits per heavy atom. The van der Waals surface area contributed by atoms with Crippen molar-refractivity contribution in [2.24, 2.45) is 0 Å². The Hall–Kier alpha value is -1.40. The van der Waals surface area contributed by atoms with Gasteiger partial charge in [0.1, 0.15) is 5.75 Å². The molecule has 1 fully saturated rings. The Bertz CT molecular complexity index is 395. The molecule has 1 saturated heterocycles. The minimum atomic E-state index is -2.88. The molecule has 0 aromatic heterocycles. The van der Waals surface area contributed by atoms with Gasteiger partial charge in [-0.15, -0.1) is 0 Å². The third-order valence-electron chi connectivity index (χ3n) is 2.81. The second kappa shape index (κ2) is 5.97. The predicted octanol–water partition coefficient (Wildman–Crippen LogP) is 1.62. The number of halogens is 2. The summed E-state index contributed by atoms with van der Waals surface area (Å²) >= 11 is 0. The van der Waals surface area contributed by atoms with Gasteiger partial charge in [-0.2, -0.15) is 8.78 Å². The lowest BCUT2D eigenvalue weighted by Gasteiger charge is -2.29. The van der Waals surface area contributed by atoms with Crippen LogP contribution in [0.4, 0.5) is 14.5 Å². The summed E-state index contributed by atoms with van der Waals surface area (Å²) in [6.45, 7) is -0.433. The topological polar surface area (TPSA) is 41.9 Å². The van der Waals surface area contributed by atoms with Crippen molar-refractivity contribution in [3.8, 4) is 5.75 Å². The Morgan fingerprint density at radius 3 is 2.67 bits per heavy atom. The third-order valence-corrected chi connectivity index (χ3v) is 2.81. The van der Waals surface area contributed by atoms with E-state index in [4.69, 9.17) is 4.74 Å². The van der Waals surface area contributed by atoms with Crippen molar-refractivity contribution in [3.63, 3.8) is 0 Å². The number of hydrogen-bond donors (Lipinski definition) is 1. The summed E-state index contributed by atoms with van der Waals surface area (Å²) in [7, 11) is 0. The maximum atomic E-state index is 12.2. The van der Waals surface area contributed by atoms with Crippen LogP contribution in [-0.4, -0.2) is 38.0 Å². The molecule has 1 N–H and O–H groups in total. The van der Waals surface area contributed by atoms with Gasteiger partial charge in [0.15, 0.2) is 0 Å². The molecule has 1 aliphatic rings. The monoisotopic (exact) mass is 259 g/mol. The van der Waals surface area contributed by atoms with Gasteiger partial charge in [0.2, 0.25) is 0 Å². The lowest BCUT2D eigenvalue weighted by atomic mass is 10.1. The highest BCUT2D eigenvalue weighted by Gasteiger charge is 2.15. The smallest absolute Gasteiger partial charge is 0.387 e. The molecule has 6 heteroatoms. The van der Waals surface area contributed by atoms with Crippen LogP contribution in [0.5, 0.6) is 5.75 Å². The minimum absolute atomic E-state index is 0.0181. The molecule has 1 aromatic carbocycles. The van der Waals surface area contributed by atoms with Crippen LogP contribution in [0.3, 0.4) is 0 Å². The Labute approximate surface area is 104 Å². The molecule has 0 amide bonds. The van der Waals surface area contributed by atoms with Gasteiger partial charge < -0.3 is 19.5 Å². The van der Waals surface area contributed by atoms with E-state index >= 15 is 0 Å². The van der Waals surface area contributed by atoms with Crippen LogP contribution in [0.2, 0.25) is 0 Å². The van der Waals surface area contributed by atoms with Crippen LogP contribution < -0.4 is 9.64 Å². The van der Waals surface area contributed by atoms with Crippen molar-refractivity contribution in [3.05, 3.63) is 23.8 Å². The SMILES string of the molecule is OCc1cc(N2CCOCC2)ccc1OC(F)F. The molecule has 2 rings (SSSR count). The molecule has 0 atom stereocenters. The van der Waals surface area contributed by atoms with E-state index in [2.05, 4.69) is 9.64 Å². The third kappa shape index (κ3) is 3.08. The number of aliphatic hydroxyl groups is 1. The van der Waals surface area contributed by atoms with Gasteiger partial charge in [0.25, 0.3) is 0 Å². The fourth-order valence-electron chi connectivity index (χ4n) is 1.92. The van der Waals surface area contributed by atoms with E-state index in [9.17, 15) is 13.9 Å². The quantitative estimate of drug-likeness (QED) is 0.892. The van der Waals surface area contributed by atoms with Crippen LogP contribution in [-0.2, 0) is 11.3 Å². The number of hydrogen-bond acceptors (Lipinski definition) is 4. The summed E-state index contributed by atoms with van der Waals surface area (Å²) in [5, 5.41) is 9.19. The fourth-order valence-corrected chi connectivity index (χ4v) is 1.92. The normalized spacial score (nSPS) is 16.1. The highest BCUT2D eigenvalue weighted by atomic mass is 19.3. The van der Waals surface area contributed by atoms with Gasteiger partial charge in [-0.25, -0.2) is 0 Å². The van der Waals surface area contributed by atoms with Crippen LogP contribution >= 0.6 is 0 Å². The van der Waals surface area contributed by atoms with Crippen molar-refractivity contribution in [2.45, 2.75) is 13.2 Å². The number of anilines is 1. The summed E-state index contributed by atoms with van der Waals surface area (Å²) in [5.74, 6) is 0.0181. The van der Waals surface area contributed by atoms with Crippen molar-refractivity contribution in [1.82, 2.24) is 0 Å². The predicted molar refractivity (Wildman–Crippen MR) is 62.0 cm³/mol. The molecule has 0 saturated carbocycles. The first-order valence-electron chi connectivity index (χ1n) is 5.72. The number of rotatable bonds is 4. The van der Waals surface area contributed by atoms with Gasteiger partial charge in [-0.3, -0.25) is 0 Å². The number of morpholine rings is 1. The van der Waals surface area contributed by atoms with Crippen molar-refractivity contribution in [2.75, 3.05) is 31.2 Å². The maximum absolute atomic E-state index is 12.2. The molecule has 100 valence electrons. The first-order chi connectivity index (χ1) is 8.70. The largest absolute Gasteiger partial charge is 0.434 e. The van der Waals surface area contributed by atoms with Crippen molar-refractivity contribution in [1.29, 1.82) is 0 Å². The molecule has 0 radical (unpaired) electrons. The average Bonchev–Trinajstić information content (AvgIpc) is 2.39. The van der Waals surface area contributed by atoms with Crippen LogP contribution in [0.25, 0.3) is 0 Å². The molecule has 1 aliphatic heterocycles. The van der Waals surface area contributed by atoms with E-state index in [0.717, 1.165) is 18.8 Å². The Kier molecular flexibility index (Phi) is 4.33. The zero-order chi connectivity index (χ0) is 13.0. The molecule has 0 spiro atoms. The van der Waals surface area contributed by atoms with Gasteiger partial charge in [0.05, 0.1) is 19.8 Å². The summed E-state index contributed by atoms with van der Waals surface area (Å²) in [6, 6.07) is 4.84. The van der Waals surface area contributed by atoms with E-state index in [0.29, 0.717) is 18.8 Å². The van der Waals surface area contributed by atoms with E-state index in [1.807, 2.05) is 0 Å². The number of alkyl halides is 2. The molecule has 0 bridgehead atoms. The molecular formula is C12H15F2NO3. The molecular weight excluding hydrogens is 244 g/mol. The first-order valence-corrected chi connectivity index (χ1v) is 5.72. The number of benzene rings is 1. The maximum Gasteiger partial charge on any atom is 0.387 e. The fraction of sp³-hybridized carbons (Fsp3) is 0.500. The average molecular weight is 259 g/mol. The number of aliphatic hydroxyl groups excluding tert-OH is 1. The summed E-state index contributed by atoms with van der Waals surface area (Å²) in [6.07, 6.45) is 0. The van der Waals surface area contributed by atoms with E-state index in [1.54, 1.807) is 12.1 Å². The zero-order valence-electron chi connectivity index (χ0n) is 9.81. The lowest BCUT2D eigenvalue weighted by molar-refractivity contribution is -0.0509. The van der Waals surface area contributed by atoms with E-state index in [-0.39, 0.29) is 12.4 Å². The first kappa shape index (κ1) is 13.0. The van der Waals surface area contributed by atoms with Gasteiger partial charge in [-0.1, -0.05) is 0 Å². The van der Waals surface area contributed by atoms with Crippen molar-refractivity contribution >= 4 is 5.69 Å². The molecule has 18 heavy (non-hydrogen) atoms. The second-order valence-corrected chi connectivity index (χ2v) is 3.93. The van der Waals surface area contributed by atoms with Crippen LogP contribution in [0, 0.1) is 0 Å². The second-order valence-electron chi connectivity index (χ2n) is 3.93. The molecule has 0 unspecified atom stereocenters. The summed E-state index contributed by atoms with van der Waals surface area (Å²) in [4.78, 5) is 2.08. The van der Waals surface area contributed by atoms with E-state index in [1.165, 1.54) is 6.07 Å². The van der Waals surface area contributed by atoms with Crippen molar-refractivity contribution < 1.29 is 23.4 Å². The Morgan fingerprint density at radius 1 is 1.33 bits per heavy atom. The summed E-state index contributed by atoms with van der Waals surface area (Å²) < 4.78 is 33.9. The van der Waals surface area contributed by atoms with Gasteiger partial charge >= 0.3 is 6.61 Å². The minimum Gasteiger partial charge on any atom is -0.434 e. The van der Waals surface area contributed by atoms with Crippen LogP contribution in [0.1, 0.15) is 5.56 Å². The highest BCUT2D eigenvalue weighted by molar-refractivity contribution is 5.53. The standard InChI is InChI=1S/C12H15F2NO3/c13-12(14)18-11-2-1-10(7-9(11)8-16)15-3-5-17-6-4-15/h1-2,7,12,16H,3-6,8H2. The molecule has 1 aromatic rings. The highest BCUT2D eigenvalue weighted by Crippen LogP contribution is 2.27. The molecule has 0 aliphatic carbocycles. The summed E-state index contributed by atoms with van der Waals surface area (Å²) in [5.41, 5.74) is 1.24. The number of nitrogens with zero attached hydrogens (tertiary/aromatic N) is 1. The van der Waals surface area contributed by atoms with Gasteiger partial charge in [-0.05, 0) is 18.2 Å². The van der Waals surface area contributed by atoms with E-state index < -0.39 is 6.61 Å². The lowest BCUT2D eigenvalue weighted by Crippen LogP contribution is -2.36. The Balaban J connectivity index is 2.17. The van der Waals surface area contributed by atoms with Gasteiger partial charge in [0, 0.05) is 24.3 Å². The molecule has 4 nitrogen and oxygen atoms in total.